The topological polar surface area (TPSA) is 41.1 Å². The third-order valence-corrected chi connectivity index (χ3v) is 2.26. The maximum atomic E-state index is 12.6. The van der Waals surface area contributed by atoms with Gasteiger partial charge >= 0.3 is 0 Å². The number of hydrogen-bond acceptors (Lipinski definition) is 2. The van der Waals surface area contributed by atoms with Crippen LogP contribution in [0.5, 0.6) is 0 Å². The third kappa shape index (κ3) is 3.32. The van der Waals surface area contributed by atoms with Gasteiger partial charge in [0, 0.05) is 7.05 Å². The average Bonchev–Trinajstić information content (AvgIpc) is 2.27. The predicted molar refractivity (Wildman–Crippen MR) is 57.0 cm³/mol. The highest BCUT2D eigenvalue weighted by atomic mass is 19.1. The van der Waals surface area contributed by atoms with Crippen molar-refractivity contribution in [2.75, 3.05) is 14.1 Å². The first kappa shape index (κ1) is 11.7. The van der Waals surface area contributed by atoms with Crippen molar-refractivity contribution in [3.63, 3.8) is 0 Å². The Morgan fingerprint density at radius 1 is 1.33 bits per heavy atom. The molecular weight excluding hydrogens is 195 g/mol. The highest BCUT2D eigenvalue weighted by Gasteiger charge is 2.14. The Hall–Kier alpha value is -1.42. The molecule has 1 aromatic carbocycles. The summed E-state index contributed by atoms with van der Waals surface area (Å²) in [6.45, 7) is 0. The summed E-state index contributed by atoms with van der Waals surface area (Å²) >= 11 is 0. The van der Waals surface area contributed by atoms with E-state index in [0.717, 1.165) is 5.56 Å². The summed E-state index contributed by atoms with van der Waals surface area (Å²) in [5.41, 5.74) is 0.930. The molecule has 0 unspecified atom stereocenters. The second-order valence-electron chi connectivity index (χ2n) is 3.29. The van der Waals surface area contributed by atoms with Gasteiger partial charge in [0.1, 0.15) is 5.82 Å². The van der Waals surface area contributed by atoms with Crippen LogP contribution in [0, 0.1) is 5.82 Å². The number of rotatable bonds is 4. The Bertz CT molecular complexity index is 324. The molecule has 15 heavy (non-hydrogen) atoms. The number of halogens is 1. The van der Waals surface area contributed by atoms with Gasteiger partial charge in [-0.1, -0.05) is 12.1 Å². The molecule has 82 valence electrons. The van der Waals surface area contributed by atoms with Gasteiger partial charge in [0.25, 0.3) is 0 Å². The van der Waals surface area contributed by atoms with Crippen molar-refractivity contribution in [3.8, 4) is 0 Å². The summed E-state index contributed by atoms with van der Waals surface area (Å²) in [6, 6.07) is 5.88. The van der Waals surface area contributed by atoms with Gasteiger partial charge < -0.3 is 10.6 Å². The Balaban J connectivity index is 2.66. The van der Waals surface area contributed by atoms with Crippen LogP contribution in [-0.4, -0.2) is 26.0 Å². The highest BCUT2D eigenvalue weighted by Crippen LogP contribution is 2.05. The van der Waals surface area contributed by atoms with Gasteiger partial charge in [0.15, 0.2) is 0 Å². The molecule has 0 bridgehead atoms. The fourth-order valence-electron chi connectivity index (χ4n) is 1.36. The fourth-order valence-corrected chi connectivity index (χ4v) is 1.36. The Labute approximate surface area is 88.7 Å². The quantitative estimate of drug-likeness (QED) is 0.768. The van der Waals surface area contributed by atoms with E-state index in [2.05, 4.69) is 10.6 Å². The standard InChI is InChI=1S/C11H15FN2O/c1-13-10(11(15)14-2)7-8-3-5-9(12)6-4-8/h3-6,10,13H,7H2,1-2H3,(H,14,15)/t10-/m1/s1. The molecule has 1 aromatic rings. The second kappa shape index (κ2) is 5.46. The summed E-state index contributed by atoms with van der Waals surface area (Å²) in [5, 5.41) is 5.48. The molecule has 0 aliphatic rings. The predicted octanol–water partition coefficient (Wildman–Crippen LogP) is 0.702. The fraction of sp³-hybridized carbons (Fsp3) is 0.364. The normalized spacial score (nSPS) is 12.2. The zero-order valence-corrected chi connectivity index (χ0v) is 8.88. The molecular formula is C11H15FN2O. The average molecular weight is 210 g/mol. The molecule has 2 N–H and O–H groups in total. The van der Waals surface area contributed by atoms with E-state index in [1.165, 1.54) is 12.1 Å². The molecule has 0 saturated heterocycles. The monoisotopic (exact) mass is 210 g/mol. The first-order valence-electron chi connectivity index (χ1n) is 4.80. The molecule has 0 spiro atoms. The van der Waals surface area contributed by atoms with E-state index in [9.17, 15) is 9.18 Å². The zero-order valence-electron chi connectivity index (χ0n) is 8.88. The van der Waals surface area contributed by atoms with E-state index in [1.807, 2.05) is 0 Å². The van der Waals surface area contributed by atoms with E-state index in [-0.39, 0.29) is 17.8 Å². The maximum Gasteiger partial charge on any atom is 0.237 e. The largest absolute Gasteiger partial charge is 0.358 e. The number of carbonyl (C=O) groups is 1. The van der Waals surface area contributed by atoms with Crippen LogP contribution in [0.4, 0.5) is 4.39 Å². The molecule has 1 atom stereocenters. The SMILES string of the molecule is CNC(=O)[C@@H](Cc1ccc(F)cc1)NC. The van der Waals surface area contributed by atoms with Crippen molar-refractivity contribution < 1.29 is 9.18 Å². The van der Waals surface area contributed by atoms with Crippen LogP contribution < -0.4 is 10.6 Å². The van der Waals surface area contributed by atoms with Crippen molar-refractivity contribution in [1.82, 2.24) is 10.6 Å². The van der Waals surface area contributed by atoms with Crippen molar-refractivity contribution in [2.24, 2.45) is 0 Å². The molecule has 0 fully saturated rings. The molecule has 1 rings (SSSR count). The van der Waals surface area contributed by atoms with Gasteiger partial charge in [-0.15, -0.1) is 0 Å². The lowest BCUT2D eigenvalue weighted by atomic mass is 10.1. The van der Waals surface area contributed by atoms with Gasteiger partial charge in [0.2, 0.25) is 5.91 Å². The number of amides is 1. The molecule has 0 aromatic heterocycles. The number of likely N-dealkylation sites (N-methyl/N-ethyl adjacent to an activating group) is 2. The third-order valence-electron chi connectivity index (χ3n) is 2.26. The maximum absolute atomic E-state index is 12.6. The van der Waals surface area contributed by atoms with Crippen LogP contribution in [0.15, 0.2) is 24.3 Å². The molecule has 4 heteroatoms. The molecule has 0 aliphatic carbocycles. The van der Waals surface area contributed by atoms with E-state index in [0.29, 0.717) is 6.42 Å². The minimum absolute atomic E-state index is 0.0678. The second-order valence-corrected chi connectivity index (χ2v) is 3.29. The lowest BCUT2D eigenvalue weighted by Gasteiger charge is -2.14. The Morgan fingerprint density at radius 2 is 1.93 bits per heavy atom. The summed E-state index contributed by atoms with van der Waals surface area (Å²) in [7, 11) is 3.32. The van der Waals surface area contributed by atoms with Gasteiger partial charge in [0.05, 0.1) is 6.04 Å². The number of nitrogens with one attached hydrogen (secondary N) is 2. The van der Waals surface area contributed by atoms with Gasteiger partial charge in [-0.05, 0) is 31.2 Å². The van der Waals surface area contributed by atoms with E-state index < -0.39 is 0 Å². The van der Waals surface area contributed by atoms with Crippen molar-refractivity contribution >= 4 is 5.91 Å². The summed E-state index contributed by atoms with van der Waals surface area (Å²) in [5.74, 6) is -0.332. The Morgan fingerprint density at radius 3 is 2.40 bits per heavy atom. The minimum Gasteiger partial charge on any atom is -0.358 e. The van der Waals surface area contributed by atoms with Crippen LogP contribution in [0.25, 0.3) is 0 Å². The lowest BCUT2D eigenvalue weighted by molar-refractivity contribution is -0.122. The van der Waals surface area contributed by atoms with Crippen molar-refractivity contribution in [3.05, 3.63) is 35.6 Å². The Kier molecular flexibility index (Phi) is 4.24. The summed E-state index contributed by atoms with van der Waals surface area (Å²) < 4.78 is 12.6. The van der Waals surface area contributed by atoms with Crippen LogP contribution in [0.1, 0.15) is 5.56 Å². The first-order valence-corrected chi connectivity index (χ1v) is 4.80. The summed E-state index contributed by atoms with van der Waals surface area (Å²) in [4.78, 5) is 11.4. The zero-order chi connectivity index (χ0) is 11.3. The molecule has 0 radical (unpaired) electrons. The number of benzene rings is 1. The lowest BCUT2D eigenvalue weighted by Crippen LogP contribution is -2.42. The van der Waals surface area contributed by atoms with Crippen LogP contribution in [0.3, 0.4) is 0 Å². The van der Waals surface area contributed by atoms with Crippen LogP contribution in [0.2, 0.25) is 0 Å². The van der Waals surface area contributed by atoms with Gasteiger partial charge in [-0.25, -0.2) is 4.39 Å². The van der Waals surface area contributed by atoms with Crippen LogP contribution in [-0.2, 0) is 11.2 Å². The smallest absolute Gasteiger partial charge is 0.237 e. The molecule has 3 nitrogen and oxygen atoms in total. The van der Waals surface area contributed by atoms with Crippen molar-refractivity contribution in [2.45, 2.75) is 12.5 Å². The number of hydrogen-bond donors (Lipinski definition) is 2. The molecule has 0 saturated carbocycles. The van der Waals surface area contributed by atoms with Crippen molar-refractivity contribution in [1.29, 1.82) is 0 Å². The minimum atomic E-state index is -0.277. The van der Waals surface area contributed by atoms with E-state index >= 15 is 0 Å². The van der Waals surface area contributed by atoms with E-state index in [4.69, 9.17) is 0 Å². The molecule has 0 aliphatic heterocycles. The van der Waals surface area contributed by atoms with Gasteiger partial charge in [-0.3, -0.25) is 4.79 Å². The van der Waals surface area contributed by atoms with E-state index in [1.54, 1.807) is 26.2 Å². The molecule has 0 heterocycles. The highest BCUT2D eigenvalue weighted by molar-refractivity contribution is 5.81. The molecule has 1 amide bonds. The van der Waals surface area contributed by atoms with Crippen LogP contribution >= 0.6 is 0 Å². The number of carbonyl (C=O) groups excluding carboxylic acids is 1. The van der Waals surface area contributed by atoms with Gasteiger partial charge in [-0.2, -0.15) is 0 Å². The summed E-state index contributed by atoms with van der Waals surface area (Å²) in [6.07, 6.45) is 0.552. The first-order chi connectivity index (χ1) is 7.17.